The predicted octanol–water partition coefficient (Wildman–Crippen LogP) is 3.04. The number of carbonyl (C=O) groups is 1. The topological polar surface area (TPSA) is 84.5 Å². The van der Waals surface area contributed by atoms with Gasteiger partial charge in [-0.2, -0.15) is 0 Å². The lowest BCUT2D eigenvalue weighted by Crippen LogP contribution is -2.30. The lowest BCUT2D eigenvalue weighted by Gasteiger charge is -2.15. The summed E-state index contributed by atoms with van der Waals surface area (Å²) >= 11 is 0. The number of carbonyl (C=O) groups excluding carboxylic acids is 1. The molecular formula is C20H25N5O. The summed E-state index contributed by atoms with van der Waals surface area (Å²) in [6.45, 7) is 8.90. The molecule has 0 fully saturated rings. The van der Waals surface area contributed by atoms with Gasteiger partial charge in [-0.1, -0.05) is 25.1 Å². The lowest BCUT2D eigenvalue weighted by molar-refractivity contribution is 0.0953. The number of nitrogen functional groups attached to an aromatic ring is 1. The molecule has 0 atom stereocenters. The van der Waals surface area contributed by atoms with Gasteiger partial charge in [-0.05, 0) is 49.9 Å². The second kappa shape index (κ2) is 7.17. The molecular weight excluding hydrogens is 326 g/mol. The number of hydrazine groups is 1. The Morgan fingerprint density at radius 3 is 2.73 bits per heavy atom. The SMILES string of the molecule is CCc1cccc(C)c1CNc1cc(C(=O)NN)cn2c(C)c(C)nc12. The van der Waals surface area contributed by atoms with Crippen LogP contribution in [0.1, 0.15) is 45.4 Å². The quantitative estimate of drug-likeness (QED) is 0.375. The Morgan fingerprint density at radius 2 is 2.04 bits per heavy atom. The molecule has 26 heavy (non-hydrogen) atoms. The van der Waals surface area contributed by atoms with E-state index in [0.717, 1.165) is 29.1 Å². The van der Waals surface area contributed by atoms with Gasteiger partial charge in [-0.25, -0.2) is 10.8 Å². The molecule has 4 N–H and O–H groups in total. The average Bonchev–Trinajstić information content (AvgIpc) is 2.94. The van der Waals surface area contributed by atoms with Crippen LogP contribution in [0.2, 0.25) is 0 Å². The minimum absolute atomic E-state index is 0.328. The number of hydrogen-bond acceptors (Lipinski definition) is 4. The van der Waals surface area contributed by atoms with Crippen molar-refractivity contribution >= 4 is 17.2 Å². The third-order valence-electron chi connectivity index (χ3n) is 4.93. The van der Waals surface area contributed by atoms with Crippen molar-refractivity contribution < 1.29 is 4.79 Å². The minimum Gasteiger partial charge on any atom is -0.378 e. The number of amides is 1. The molecule has 1 aromatic carbocycles. The number of anilines is 1. The summed E-state index contributed by atoms with van der Waals surface area (Å²) in [6, 6.07) is 8.16. The van der Waals surface area contributed by atoms with Crippen molar-refractivity contribution in [3.63, 3.8) is 0 Å². The monoisotopic (exact) mass is 351 g/mol. The highest BCUT2D eigenvalue weighted by Gasteiger charge is 2.15. The Bertz CT molecular complexity index is 974. The Labute approximate surface area is 153 Å². The Morgan fingerprint density at radius 1 is 1.27 bits per heavy atom. The highest BCUT2D eigenvalue weighted by molar-refractivity contribution is 5.95. The van der Waals surface area contributed by atoms with E-state index >= 15 is 0 Å². The molecule has 1 amide bonds. The fraction of sp³-hybridized carbons (Fsp3) is 0.300. The van der Waals surface area contributed by atoms with Gasteiger partial charge in [0, 0.05) is 18.4 Å². The maximum absolute atomic E-state index is 12.1. The molecule has 2 aromatic heterocycles. The van der Waals surface area contributed by atoms with Gasteiger partial charge in [-0.3, -0.25) is 10.2 Å². The molecule has 3 aromatic rings. The van der Waals surface area contributed by atoms with Crippen molar-refractivity contribution in [2.75, 3.05) is 5.32 Å². The zero-order valence-electron chi connectivity index (χ0n) is 15.7. The Kier molecular flexibility index (Phi) is 4.95. The summed E-state index contributed by atoms with van der Waals surface area (Å²) in [5.74, 6) is 4.99. The van der Waals surface area contributed by atoms with Crippen molar-refractivity contribution in [2.24, 2.45) is 5.84 Å². The number of nitrogens with two attached hydrogens (primary N) is 1. The molecule has 6 nitrogen and oxygen atoms in total. The fourth-order valence-electron chi connectivity index (χ4n) is 3.24. The van der Waals surface area contributed by atoms with Gasteiger partial charge in [-0.15, -0.1) is 0 Å². The van der Waals surface area contributed by atoms with Gasteiger partial charge in [0.15, 0.2) is 5.65 Å². The first kappa shape index (κ1) is 17.9. The molecule has 0 aliphatic carbocycles. The standard InChI is InChI=1S/C20H25N5O/c1-5-15-8-6-7-12(2)17(15)10-22-18-9-16(20(26)24-21)11-25-14(4)13(3)23-19(18)25/h6-9,11,22H,5,10,21H2,1-4H3,(H,24,26). The van der Waals surface area contributed by atoms with E-state index in [1.807, 2.05) is 18.2 Å². The highest BCUT2D eigenvalue weighted by Crippen LogP contribution is 2.24. The van der Waals surface area contributed by atoms with Gasteiger partial charge in [0.05, 0.1) is 16.9 Å². The number of nitrogens with one attached hydrogen (secondary N) is 2. The molecule has 2 heterocycles. The lowest BCUT2D eigenvalue weighted by atomic mass is 10.00. The normalized spacial score (nSPS) is 11.0. The van der Waals surface area contributed by atoms with Crippen LogP contribution in [0.4, 0.5) is 5.69 Å². The Hall–Kier alpha value is -2.86. The summed E-state index contributed by atoms with van der Waals surface area (Å²) in [4.78, 5) is 16.7. The van der Waals surface area contributed by atoms with Crippen LogP contribution in [0.3, 0.4) is 0 Å². The summed E-state index contributed by atoms with van der Waals surface area (Å²) < 4.78 is 1.93. The predicted molar refractivity (Wildman–Crippen MR) is 104 cm³/mol. The first-order chi connectivity index (χ1) is 12.5. The van der Waals surface area contributed by atoms with Gasteiger partial charge in [0.1, 0.15) is 0 Å². The van der Waals surface area contributed by atoms with Crippen LogP contribution in [-0.4, -0.2) is 15.3 Å². The molecule has 0 bridgehead atoms. The van der Waals surface area contributed by atoms with Crippen molar-refractivity contribution in [1.29, 1.82) is 0 Å². The van der Waals surface area contributed by atoms with E-state index < -0.39 is 0 Å². The van der Waals surface area contributed by atoms with Gasteiger partial charge in [0.2, 0.25) is 0 Å². The summed E-state index contributed by atoms with van der Waals surface area (Å²) in [5, 5.41) is 3.48. The number of pyridine rings is 1. The third-order valence-corrected chi connectivity index (χ3v) is 4.93. The van der Waals surface area contributed by atoms with Gasteiger partial charge < -0.3 is 9.72 Å². The van der Waals surface area contributed by atoms with E-state index in [0.29, 0.717) is 12.1 Å². The van der Waals surface area contributed by atoms with Crippen LogP contribution in [0, 0.1) is 20.8 Å². The molecule has 0 spiro atoms. The molecule has 0 saturated heterocycles. The summed E-state index contributed by atoms with van der Waals surface area (Å²) in [7, 11) is 0. The van der Waals surface area contributed by atoms with E-state index in [4.69, 9.17) is 5.84 Å². The van der Waals surface area contributed by atoms with Crippen molar-refractivity contribution in [1.82, 2.24) is 14.8 Å². The van der Waals surface area contributed by atoms with E-state index in [1.165, 1.54) is 16.7 Å². The first-order valence-electron chi connectivity index (χ1n) is 8.77. The molecule has 0 radical (unpaired) electrons. The molecule has 136 valence electrons. The molecule has 6 heteroatoms. The number of aryl methyl sites for hydroxylation is 4. The zero-order valence-corrected chi connectivity index (χ0v) is 15.7. The molecule has 0 aliphatic rings. The zero-order chi connectivity index (χ0) is 18.8. The van der Waals surface area contributed by atoms with Crippen LogP contribution >= 0.6 is 0 Å². The van der Waals surface area contributed by atoms with Crippen molar-refractivity contribution in [3.05, 3.63) is 64.1 Å². The first-order valence-corrected chi connectivity index (χ1v) is 8.77. The highest BCUT2D eigenvalue weighted by atomic mass is 16.2. The molecule has 0 aliphatic heterocycles. The minimum atomic E-state index is -0.328. The summed E-state index contributed by atoms with van der Waals surface area (Å²) in [6.07, 6.45) is 2.74. The van der Waals surface area contributed by atoms with Gasteiger partial charge >= 0.3 is 0 Å². The third kappa shape index (κ3) is 3.15. The number of benzene rings is 1. The van der Waals surface area contributed by atoms with Crippen LogP contribution in [0.15, 0.2) is 30.5 Å². The second-order valence-corrected chi connectivity index (χ2v) is 6.51. The van der Waals surface area contributed by atoms with Crippen LogP contribution in [-0.2, 0) is 13.0 Å². The number of imidazole rings is 1. The second-order valence-electron chi connectivity index (χ2n) is 6.51. The Balaban J connectivity index is 2.04. The van der Waals surface area contributed by atoms with Crippen molar-refractivity contribution in [2.45, 2.75) is 40.7 Å². The van der Waals surface area contributed by atoms with Gasteiger partial charge in [0.25, 0.3) is 5.91 Å². The maximum Gasteiger partial charge on any atom is 0.266 e. The van der Waals surface area contributed by atoms with Crippen LogP contribution < -0.4 is 16.6 Å². The van der Waals surface area contributed by atoms with E-state index in [9.17, 15) is 4.79 Å². The number of aromatic nitrogens is 2. The van der Waals surface area contributed by atoms with Crippen LogP contribution in [0.25, 0.3) is 5.65 Å². The molecule has 0 saturated carbocycles. The van der Waals surface area contributed by atoms with E-state index in [2.05, 4.69) is 47.8 Å². The van der Waals surface area contributed by atoms with E-state index in [1.54, 1.807) is 12.3 Å². The van der Waals surface area contributed by atoms with E-state index in [-0.39, 0.29) is 5.91 Å². The number of rotatable bonds is 5. The number of nitrogens with zero attached hydrogens (tertiary/aromatic N) is 2. The smallest absolute Gasteiger partial charge is 0.266 e. The largest absolute Gasteiger partial charge is 0.378 e. The van der Waals surface area contributed by atoms with Crippen LogP contribution in [0.5, 0.6) is 0 Å². The average molecular weight is 351 g/mol. The number of hydrogen-bond donors (Lipinski definition) is 3. The summed E-state index contributed by atoms with van der Waals surface area (Å²) in [5.41, 5.74) is 10.1. The van der Waals surface area contributed by atoms with Crippen molar-refractivity contribution in [3.8, 4) is 0 Å². The maximum atomic E-state index is 12.1. The molecule has 3 rings (SSSR count). The molecule has 0 unspecified atom stereocenters. The fourth-order valence-corrected chi connectivity index (χ4v) is 3.24. The number of fused-ring (bicyclic) bond motifs is 1.